The molecule has 0 saturated heterocycles. The van der Waals surface area contributed by atoms with Crippen molar-refractivity contribution in [3.63, 3.8) is 0 Å². The van der Waals surface area contributed by atoms with Crippen molar-refractivity contribution in [2.75, 3.05) is 6.61 Å². The van der Waals surface area contributed by atoms with E-state index in [1.54, 1.807) is 36.4 Å². The average Bonchev–Trinajstić information content (AvgIpc) is 2.78. The van der Waals surface area contributed by atoms with E-state index in [-0.39, 0.29) is 34.8 Å². The van der Waals surface area contributed by atoms with Gasteiger partial charge in [0, 0.05) is 19.4 Å². The van der Waals surface area contributed by atoms with Gasteiger partial charge in [-0.25, -0.2) is 8.93 Å². The number of hydrogen-bond acceptors (Lipinski definition) is 5. The highest BCUT2D eigenvalue weighted by molar-refractivity contribution is 8.02. The SMILES string of the molecule is CC(=O)OCCC1=C[C@H](NS(=O)(=NS(=O)(=O)c2ccc(C)cc2)c2ccc(C)cc2)[C@@H]2C[C@H]1C2(C)C. The molecule has 2 aromatic carbocycles. The molecular formula is C27H34N2O5S2. The Hall–Kier alpha value is -2.49. The van der Waals surface area contributed by atoms with Crippen molar-refractivity contribution in [2.45, 2.75) is 63.3 Å². The summed E-state index contributed by atoms with van der Waals surface area (Å²) in [6.45, 7) is 9.79. The van der Waals surface area contributed by atoms with Crippen LogP contribution in [0.15, 0.2) is 73.7 Å². The highest BCUT2D eigenvalue weighted by Crippen LogP contribution is 2.60. The number of esters is 1. The predicted octanol–water partition coefficient (Wildman–Crippen LogP) is 4.95. The van der Waals surface area contributed by atoms with Crippen molar-refractivity contribution in [3.05, 3.63) is 71.3 Å². The summed E-state index contributed by atoms with van der Waals surface area (Å²) in [6, 6.07) is 12.9. The van der Waals surface area contributed by atoms with Gasteiger partial charge in [0.2, 0.25) is 0 Å². The molecule has 1 saturated carbocycles. The van der Waals surface area contributed by atoms with E-state index in [0.29, 0.717) is 17.2 Å². The van der Waals surface area contributed by atoms with Gasteiger partial charge in [-0.3, -0.25) is 4.79 Å². The standard InChI is InChI=1S/C27H34N2O5S2/c1-18-6-10-22(11-7-18)35(31,29-36(32,33)23-12-8-19(2)9-13-23)28-26-16-21(14-15-34-20(3)30)24-17-25(26)27(24,4)5/h6-13,16,24-26H,14-15,17H2,1-5H3,(H,28,29,31)/t24-,25+,26+,35?/m1/s1. The number of nitrogens with zero attached hydrogens (tertiary/aromatic N) is 1. The first-order valence-electron chi connectivity index (χ1n) is 12.1. The normalized spacial score (nSPS) is 24.1. The Labute approximate surface area is 214 Å². The van der Waals surface area contributed by atoms with Crippen LogP contribution in [0.5, 0.6) is 0 Å². The van der Waals surface area contributed by atoms with Crippen molar-refractivity contribution in [1.29, 1.82) is 0 Å². The summed E-state index contributed by atoms with van der Waals surface area (Å²) >= 11 is 0. The van der Waals surface area contributed by atoms with Gasteiger partial charge in [0.1, 0.15) is 0 Å². The van der Waals surface area contributed by atoms with E-state index in [9.17, 15) is 17.4 Å². The Morgan fingerprint density at radius 1 is 1.00 bits per heavy atom. The molecule has 0 heterocycles. The van der Waals surface area contributed by atoms with Crippen LogP contribution >= 0.6 is 0 Å². The molecule has 1 fully saturated rings. The van der Waals surface area contributed by atoms with Crippen molar-refractivity contribution < 1.29 is 22.2 Å². The van der Waals surface area contributed by atoms with Crippen LogP contribution in [0.4, 0.5) is 0 Å². The van der Waals surface area contributed by atoms with Gasteiger partial charge in [-0.05, 0) is 61.8 Å². The number of benzene rings is 2. The lowest BCUT2D eigenvalue weighted by molar-refractivity contribution is -0.141. The maximum Gasteiger partial charge on any atom is 0.302 e. The van der Waals surface area contributed by atoms with Crippen LogP contribution in [-0.2, 0) is 29.5 Å². The number of nitrogens with one attached hydrogen (secondary N) is 1. The summed E-state index contributed by atoms with van der Waals surface area (Å²) in [4.78, 5) is 11.6. The van der Waals surface area contributed by atoms with Gasteiger partial charge in [-0.15, -0.1) is 0 Å². The summed E-state index contributed by atoms with van der Waals surface area (Å²) in [5.74, 6) is 0.192. The number of sulfonamides is 1. The monoisotopic (exact) mass is 530 g/mol. The number of ether oxygens (including phenoxy) is 1. The van der Waals surface area contributed by atoms with E-state index in [1.165, 1.54) is 19.1 Å². The quantitative estimate of drug-likeness (QED) is 0.384. The third-order valence-electron chi connectivity index (χ3n) is 7.47. The fourth-order valence-corrected chi connectivity index (χ4v) is 8.97. The maximum atomic E-state index is 14.5. The molecular weight excluding hydrogens is 496 g/mol. The second-order valence-electron chi connectivity index (χ2n) is 10.4. The lowest BCUT2D eigenvalue weighted by Gasteiger charge is -2.59. The van der Waals surface area contributed by atoms with Crippen LogP contribution in [0.3, 0.4) is 0 Å². The number of fused-ring (bicyclic) bond motifs is 1. The van der Waals surface area contributed by atoms with Crippen LogP contribution in [-0.4, -0.2) is 31.2 Å². The molecule has 194 valence electrons. The third kappa shape index (κ3) is 5.28. The third-order valence-corrected chi connectivity index (χ3v) is 11.5. The minimum atomic E-state index is -4.21. The molecule has 4 atom stereocenters. The first-order valence-corrected chi connectivity index (χ1v) is 15.1. The lowest BCUT2D eigenvalue weighted by atomic mass is 9.47. The van der Waals surface area contributed by atoms with E-state index < -0.39 is 19.9 Å². The molecule has 1 unspecified atom stereocenters. The summed E-state index contributed by atoms with van der Waals surface area (Å²) < 4.78 is 53.4. The number of carbonyl (C=O) groups is 1. The smallest absolute Gasteiger partial charge is 0.302 e. The molecule has 0 amide bonds. The molecule has 3 aliphatic rings. The average molecular weight is 531 g/mol. The molecule has 7 nitrogen and oxygen atoms in total. The Bertz CT molecular complexity index is 1400. The van der Waals surface area contributed by atoms with Gasteiger partial charge in [0.15, 0.2) is 9.92 Å². The largest absolute Gasteiger partial charge is 0.466 e. The highest BCUT2D eigenvalue weighted by atomic mass is 32.3. The summed E-state index contributed by atoms with van der Waals surface area (Å²) in [5, 5.41) is 0. The number of carbonyl (C=O) groups excluding carboxylic acids is 1. The van der Waals surface area contributed by atoms with Gasteiger partial charge >= 0.3 is 5.97 Å². The Morgan fingerprint density at radius 3 is 2.08 bits per heavy atom. The van der Waals surface area contributed by atoms with Crippen LogP contribution < -0.4 is 4.72 Å². The molecule has 0 aliphatic heterocycles. The summed E-state index contributed by atoms with van der Waals surface area (Å²) in [7, 11) is -7.76. The lowest BCUT2D eigenvalue weighted by Crippen LogP contribution is -2.58. The minimum absolute atomic E-state index is 0.0000292. The first-order chi connectivity index (χ1) is 16.8. The zero-order chi connectivity index (χ0) is 26.3. The Kier molecular flexibility index (Phi) is 7.20. The van der Waals surface area contributed by atoms with Crippen molar-refractivity contribution in [2.24, 2.45) is 21.0 Å². The van der Waals surface area contributed by atoms with Gasteiger partial charge in [0.25, 0.3) is 10.0 Å². The van der Waals surface area contributed by atoms with Gasteiger partial charge in [-0.2, -0.15) is 8.42 Å². The second kappa shape index (κ2) is 9.76. The van der Waals surface area contributed by atoms with Crippen molar-refractivity contribution in [3.8, 4) is 0 Å². The Morgan fingerprint density at radius 2 is 1.56 bits per heavy atom. The van der Waals surface area contributed by atoms with E-state index in [0.717, 1.165) is 23.1 Å². The highest BCUT2D eigenvalue weighted by Gasteiger charge is 2.55. The number of aryl methyl sites for hydroxylation is 2. The zero-order valence-electron chi connectivity index (χ0n) is 21.4. The first kappa shape index (κ1) is 26.6. The molecule has 5 rings (SSSR count). The molecule has 0 aromatic heterocycles. The molecule has 9 heteroatoms. The topological polar surface area (TPSA) is 102 Å². The van der Waals surface area contributed by atoms with E-state index in [2.05, 4.69) is 22.3 Å². The van der Waals surface area contributed by atoms with Crippen LogP contribution in [0, 0.1) is 31.1 Å². The predicted molar refractivity (Wildman–Crippen MR) is 140 cm³/mol. The van der Waals surface area contributed by atoms with Crippen LogP contribution in [0.2, 0.25) is 0 Å². The summed E-state index contributed by atoms with van der Waals surface area (Å²) in [5.41, 5.74) is 2.95. The molecule has 3 aliphatic carbocycles. The van der Waals surface area contributed by atoms with E-state index in [4.69, 9.17) is 4.74 Å². The van der Waals surface area contributed by atoms with Gasteiger partial charge < -0.3 is 4.74 Å². The van der Waals surface area contributed by atoms with E-state index >= 15 is 0 Å². The van der Waals surface area contributed by atoms with Crippen LogP contribution in [0.1, 0.15) is 44.7 Å². The zero-order valence-corrected chi connectivity index (χ0v) is 23.0. The van der Waals surface area contributed by atoms with Gasteiger partial charge in [0.05, 0.1) is 16.4 Å². The maximum absolute atomic E-state index is 14.5. The summed E-state index contributed by atoms with van der Waals surface area (Å²) in [6.07, 6.45) is 3.52. The van der Waals surface area contributed by atoms with Crippen molar-refractivity contribution >= 4 is 25.9 Å². The van der Waals surface area contributed by atoms with Crippen molar-refractivity contribution in [1.82, 2.24) is 4.72 Å². The minimum Gasteiger partial charge on any atom is -0.466 e. The second-order valence-corrected chi connectivity index (χ2v) is 14.2. The number of hydrogen-bond donors (Lipinski definition) is 1. The molecule has 0 spiro atoms. The van der Waals surface area contributed by atoms with Crippen LogP contribution in [0.25, 0.3) is 0 Å². The number of rotatable bonds is 8. The molecule has 0 radical (unpaired) electrons. The van der Waals surface area contributed by atoms with E-state index in [1.807, 2.05) is 19.9 Å². The fraction of sp³-hybridized carbons (Fsp3) is 0.444. The molecule has 2 aromatic rings. The fourth-order valence-electron chi connectivity index (χ4n) is 5.28. The molecule has 2 bridgehead atoms. The molecule has 36 heavy (non-hydrogen) atoms. The Balaban J connectivity index is 1.76. The molecule has 1 N–H and O–H groups in total. The van der Waals surface area contributed by atoms with Gasteiger partial charge in [-0.1, -0.05) is 64.7 Å².